The molecular weight excluding hydrogens is 308 g/mol. The van der Waals surface area contributed by atoms with Crippen LogP contribution in [0.3, 0.4) is 0 Å². The molecule has 2 unspecified atom stereocenters. The van der Waals surface area contributed by atoms with Crippen molar-refractivity contribution in [2.75, 3.05) is 18.0 Å². The Morgan fingerprint density at radius 3 is 2.89 bits per heavy atom. The molecule has 0 aromatic heterocycles. The van der Waals surface area contributed by atoms with Crippen LogP contribution in [0.4, 0.5) is 5.69 Å². The summed E-state index contributed by atoms with van der Waals surface area (Å²) >= 11 is 3.34. The fraction of sp³-hybridized carbons (Fsp3) is 0.429. The van der Waals surface area contributed by atoms with Crippen molar-refractivity contribution in [2.24, 2.45) is 11.8 Å². The minimum atomic E-state index is -0.757. The highest BCUT2D eigenvalue weighted by molar-refractivity contribution is 9.10. The summed E-state index contributed by atoms with van der Waals surface area (Å²) in [6.07, 6.45) is 0.699. The first-order valence-corrected chi connectivity index (χ1v) is 6.98. The number of aliphatic carboxylic acids is 1. The molecule has 1 aromatic rings. The smallest absolute Gasteiger partial charge is 0.308 e. The maximum absolute atomic E-state index is 11.2. The van der Waals surface area contributed by atoms with Crippen molar-refractivity contribution in [3.8, 4) is 6.07 Å². The molecule has 0 bridgehead atoms. The van der Waals surface area contributed by atoms with Crippen molar-refractivity contribution >= 4 is 27.6 Å². The molecule has 2 atom stereocenters. The number of nitrogens with zero attached hydrogens (tertiary/aromatic N) is 2. The zero-order chi connectivity index (χ0) is 14.0. The Morgan fingerprint density at radius 2 is 2.26 bits per heavy atom. The third-order valence-electron chi connectivity index (χ3n) is 3.43. The van der Waals surface area contributed by atoms with Crippen LogP contribution in [-0.4, -0.2) is 24.2 Å². The van der Waals surface area contributed by atoms with E-state index in [0.29, 0.717) is 24.4 Å². The summed E-state index contributed by atoms with van der Waals surface area (Å²) in [5.41, 5.74) is 1.40. The summed E-state index contributed by atoms with van der Waals surface area (Å²) in [5, 5.41) is 18.4. The van der Waals surface area contributed by atoms with Crippen molar-refractivity contribution in [1.29, 1.82) is 5.26 Å². The number of hydrogen-bond acceptors (Lipinski definition) is 3. The van der Waals surface area contributed by atoms with Crippen LogP contribution in [0.1, 0.15) is 18.9 Å². The van der Waals surface area contributed by atoms with Gasteiger partial charge >= 0.3 is 5.97 Å². The lowest BCUT2D eigenvalue weighted by Crippen LogP contribution is -2.42. The quantitative estimate of drug-likeness (QED) is 0.909. The summed E-state index contributed by atoms with van der Waals surface area (Å²) in [6.45, 7) is 3.31. The van der Waals surface area contributed by atoms with E-state index in [2.05, 4.69) is 22.0 Å². The normalized spacial score (nSPS) is 22.9. The molecule has 0 spiro atoms. The van der Waals surface area contributed by atoms with E-state index in [9.17, 15) is 15.2 Å². The van der Waals surface area contributed by atoms with Gasteiger partial charge in [0.2, 0.25) is 0 Å². The second-order valence-corrected chi connectivity index (χ2v) is 5.97. The first kappa shape index (κ1) is 13.9. The van der Waals surface area contributed by atoms with Crippen LogP contribution >= 0.6 is 15.9 Å². The van der Waals surface area contributed by atoms with Crippen LogP contribution in [0.25, 0.3) is 0 Å². The van der Waals surface area contributed by atoms with Gasteiger partial charge in [0.25, 0.3) is 0 Å². The number of benzene rings is 1. The van der Waals surface area contributed by atoms with Crippen LogP contribution in [0, 0.1) is 23.2 Å². The zero-order valence-corrected chi connectivity index (χ0v) is 12.2. The van der Waals surface area contributed by atoms with E-state index in [1.807, 2.05) is 24.0 Å². The minimum absolute atomic E-state index is 0.310. The summed E-state index contributed by atoms with van der Waals surface area (Å²) in [4.78, 5) is 13.2. The second kappa shape index (κ2) is 5.62. The second-order valence-electron chi connectivity index (χ2n) is 5.05. The van der Waals surface area contributed by atoms with Crippen molar-refractivity contribution in [2.45, 2.75) is 13.3 Å². The number of carbonyl (C=O) groups is 1. The van der Waals surface area contributed by atoms with Gasteiger partial charge in [-0.2, -0.15) is 5.26 Å². The molecule has 4 nitrogen and oxygen atoms in total. The van der Waals surface area contributed by atoms with E-state index in [1.54, 1.807) is 6.07 Å². The lowest BCUT2D eigenvalue weighted by molar-refractivity contribution is -0.142. The molecule has 1 aliphatic rings. The van der Waals surface area contributed by atoms with Crippen molar-refractivity contribution in [3.63, 3.8) is 0 Å². The lowest BCUT2D eigenvalue weighted by atomic mass is 9.90. The topological polar surface area (TPSA) is 64.3 Å². The molecule has 1 saturated heterocycles. The summed E-state index contributed by atoms with van der Waals surface area (Å²) < 4.78 is 0.854. The maximum atomic E-state index is 11.2. The van der Waals surface area contributed by atoms with E-state index in [0.717, 1.165) is 16.7 Å². The number of carboxylic acids is 1. The molecule has 19 heavy (non-hydrogen) atoms. The van der Waals surface area contributed by atoms with E-state index in [4.69, 9.17) is 0 Å². The molecule has 1 N–H and O–H groups in total. The lowest BCUT2D eigenvalue weighted by Gasteiger charge is -2.36. The highest BCUT2D eigenvalue weighted by atomic mass is 79.9. The van der Waals surface area contributed by atoms with Gasteiger partial charge in [-0.3, -0.25) is 4.79 Å². The number of rotatable bonds is 2. The van der Waals surface area contributed by atoms with Gasteiger partial charge < -0.3 is 10.0 Å². The number of nitriles is 1. The molecule has 1 fully saturated rings. The number of halogens is 1. The Hall–Kier alpha value is -1.54. The monoisotopic (exact) mass is 322 g/mol. The molecule has 1 heterocycles. The predicted molar refractivity (Wildman–Crippen MR) is 76.0 cm³/mol. The van der Waals surface area contributed by atoms with Crippen LogP contribution in [-0.2, 0) is 4.79 Å². The van der Waals surface area contributed by atoms with Crippen molar-refractivity contribution in [1.82, 2.24) is 0 Å². The molecule has 100 valence electrons. The van der Waals surface area contributed by atoms with E-state index in [-0.39, 0.29) is 5.92 Å². The van der Waals surface area contributed by atoms with Crippen LogP contribution in [0.2, 0.25) is 0 Å². The summed E-state index contributed by atoms with van der Waals surface area (Å²) in [6, 6.07) is 7.70. The molecule has 0 aliphatic carbocycles. The highest BCUT2D eigenvalue weighted by Crippen LogP contribution is 2.30. The standard InChI is InChI=1S/C14H15BrN2O2/c1-9-4-11(14(18)19)8-17(7-9)13-3-2-12(15)5-10(13)6-16/h2-3,5,9,11H,4,7-8H2,1H3,(H,18,19). The number of carboxylic acid groups (broad SMARTS) is 1. The molecule has 2 rings (SSSR count). The van der Waals surface area contributed by atoms with Gasteiger partial charge in [-0.1, -0.05) is 22.9 Å². The molecule has 0 radical (unpaired) electrons. The Kier molecular flexibility index (Phi) is 4.11. The molecule has 0 amide bonds. The number of hydrogen-bond donors (Lipinski definition) is 1. The van der Waals surface area contributed by atoms with E-state index >= 15 is 0 Å². The fourth-order valence-electron chi connectivity index (χ4n) is 2.60. The largest absolute Gasteiger partial charge is 0.481 e. The van der Waals surface area contributed by atoms with Crippen LogP contribution in [0.15, 0.2) is 22.7 Å². The predicted octanol–water partition coefficient (Wildman–Crippen LogP) is 2.87. The molecule has 0 saturated carbocycles. The number of anilines is 1. The van der Waals surface area contributed by atoms with E-state index in [1.165, 1.54) is 0 Å². The number of piperidine rings is 1. The molecular formula is C14H15BrN2O2. The molecule has 1 aliphatic heterocycles. The average Bonchev–Trinajstić information content (AvgIpc) is 2.37. The van der Waals surface area contributed by atoms with E-state index < -0.39 is 5.97 Å². The van der Waals surface area contributed by atoms with Gasteiger partial charge in [-0.05, 0) is 30.5 Å². The van der Waals surface area contributed by atoms with Gasteiger partial charge in [0.05, 0.1) is 17.2 Å². The first-order chi connectivity index (χ1) is 9.01. The Morgan fingerprint density at radius 1 is 1.53 bits per heavy atom. The van der Waals surface area contributed by atoms with Crippen LogP contribution in [0.5, 0.6) is 0 Å². The van der Waals surface area contributed by atoms with Crippen LogP contribution < -0.4 is 4.90 Å². The Bertz CT molecular complexity index is 539. The van der Waals surface area contributed by atoms with Gasteiger partial charge in [0.15, 0.2) is 0 Å². The average molecular weight is 323 g/mol. The van der Waals surface area contributed by atoms with Gasteiger partial charge in [-0.25, -0.2) is 0 Å². The zero-order valence-electron chi connectivity index (χ0n) is 10.6. The summed E-state index contributed by atoms with van der Waals surface area (Å²) in [7, 11) is 0. The Labute approximate surface area is 120 Å². The maximum Gasteiger partial charge on any atom is 0.308 e. The summed E-state index contributed by atoms with van der Waals surface area (Å²) in [5.74, 6) is -0.809. The fourth-order valence-corrected chi connectivity index (χ4v) is 2.96. The molecule has 1 aromatic carbocycles. The van der Waals surface area contributed by atoms with Crippen molar-refractivity contribution in [3.05, 3.63) is 28.2 Å². The minimum Gasteiger partial charge on any atom is -0.481 e. The molecule has 5 heteroatoms. The van der Waals surface area contributed by atoms with Gasteiger partial charge in [0.1, 0.15) is 6.07 Å². The van der Waals surface area contributed by atoms with Crippen molar-refractivity contribution < 1.29 is 9.90 Å². The van der Waals surface area contributed by atoms with Gasteiger partial charge in [-0.15, -0.1) is 0 Å². The third kappa shape index (κ3) is 3.07. The van der Waals surface area contributed by atoms with Gasteiger partial charge in [0, 0.05) is 17.6 Å². The third-order valence-corrected chi connectivity index (χ3v) is 3.92. The Balaban J connectivity index is 2.31. The SMILES string of the molecule is CC1CC(C(=O)O)CN(c2ccc(Br)cc2C#N)C1. The highest BCUT2D eigenvalue weighted by Gasteiger charge is 2.30. The first-order valence-electron chi connectivity index (χ1n) is 6.18.